The molecular formula is C16H26N4O. The first-order valence-corrected chi connectivity index (χ1v) is 7.85. The lowest BCUT2D eigenvalue weighted by molar-refractivity contribution is 0.397. The van der Waals surface area contributed by atoms with Crippen LogP contribution in [0.3, 0.4) is 0 Å². The van der Waals surface area contributed by atoms with Crippen LogP contribution in [0.5, 0.6) is 5.88 Å². The number of guanidine groups is 1. The highest BCUT2D eigenvalue weighted by Crippen LogP contribution is 2.17. The lowest BCUT2D eigenvalue weighted by Crippen LogP contribution is -2.44. The van der Waals surface area contributed by atoms with E-state index in [1.807, 2.05) is 12.1 Å². The first-order valence-electron chi connectivity index (χ1n) is 7.85. The Balaban J connectivity index is 1.95. The van der Waals surface area contributed by atoms with Crippen LogP contribution in [0.15, 0.2) is 23.3 Å². The summed E-state index contributed by atoms with van der Waals surface area (Å²) in [6.45, 7) is 3.59. The van der Waals surface area contributed by atoms with Crippen LogP contribution in [0.4, 0.5) is 0 Å². The van der Waals surface area contributed by atoms with E-state index in [4.69, 9.17) is 4.74 Å². The van der Waals surface area contributed by atoms with Gasteiger partial charge in [-0.3, -0.25) is 0 Å². The highest BCUT2D eigenvalue weighted by atomic mass is 16.5. The first-order chi connectivity index (χ1) is 10.3. The van der Waals surface area contributed by atoms with E-state index in [2.05, 4.69) is 27.5 Å². The molecule has 1 aromatic rings. The summed E-state index contributed by atoms with van der Waals surface area (Å²) in [7, 11) is 1.63. The number of nitrogens with zero attached hydrogens (tertiary/aromatic N) is 2. The van der Waals surface area contributed by atoms with Crippen molar-refractivity contribution in [2.75, 3.05) is 13.7 Å². The van der Waals surface area contributed by atoms with E-state index in [9.17, 15) is 0 Å². The maximum Gasteiger partial charge on any atom is 0.213 e. The zero-order chi connectivity index (χ0) is 14.9. The molecular weight excluding hydrogens is 264 g/mol. The molecule has 21 heavy (non-hydrogen) atoms. The minimum Gasteiger partial charge on any atom is -0.481 e. The van der Waals surface area contributed by atoms with Crippen molar-refractivity contribution in [2.24, 2.45) is 4.99 Å². The van der Waals surface area contributed by atoms with Crippen molar-refractivity contribution in [1.29, 1.82) is 0 Å². The van der Waals surface area contributed by atoms with Crippen molar-refractivity contribution in [3.63, 3.8) is 0 Å². The van der Waals surface area contributed by atoms with Crippen LogP contribution < -0.4 is 15.4 Å². The predicted molar refractivity (Wildman–Crippen MR) is 85.6 cm³/mol. The second kappa shape index (κ2) is 8.49. The first kappa shape index (κ1) is 15.6. The topological polar surface area (TPSA) is 58.5 Å². The van der Waals surface area contributed by atoms with Crippen LogP contribution in [0.25, 0.3) is 0 Å². The largest absolute Gasteiger partial charge is 0.481 e. The monoisotopic (exact) mass is 290 g/mol. The van der Waals surface area contributed by atoms with Crippen molar-refractivity contribution in [3.8, 4) is 5.88 Å². The van der Waals surface area contributed by atoms with E-state index in [1.54, 1.807) is 13.3 Å². The highest BCUT2D eigenvalue weighted by Gasteiger charge is 2.14. The van der Waals surface area contributed by atoms with Gasteiger partial charge in [0.25, 0.3) is 0 Å². The van der Waals surface area contributed by atoms with Gasteiger partial charge in [-0.05, 0) is 31.4 Å². The SMILES string of the molecule is CCNC(=NCc1ccnc(OC)c1)NC1CCCCC1. The van der Waals surface area contributed by atoms with Gasteiger partial charge in [-0.15, -0.1) is 0 Å². The maximum atomic E-state index is 5.14. The summed E-state index contributed by atoms with van der Waals surface area (Å²) in [4.78, 5) is 8.78. The van der Waals surface area contributed by atoms with Crippen molar-refractivity contribution in [2.45, 2.75) is 51.6 Å². The molecule has 1 heterocycles. The number of ether oxygens (including phenoxy) is 1. The van der Waals surface area contributed by atoms with E-state index in [-0.39, 0.29) is 0 Å². The van der Waals surface area contributed by atoms with Gasteiger partial charge in [-0.25, -0.2) is 9.98 Å². The number of aliphatic imine (C=N–C) groups is 1. The Morgan fingerprint density at radius 3 is 2.90 bits per heavy atom. The fourth-order valence-electron chi connectivity index (χ4n) is 2.59. The van der Waals surface area contributed by atoms with Gasteiger partial charge in [0.2, 0.25) is 5.88 Å². The molecule has 1 aromatic heterocycles. The van der Waals surface area contributed by atoms with Crippen LogP contribution in [0.1, 0.15) is 44.6 Å². The third-order valence-corrected chi connectivity index (χ3v) is 3.72. The molecule has 0 spiro atoms. The molecule has 2 N–H and O–H groups in total. The summed E-state index contributed by atoms with van der Waals surface area (Å²) in [5, 5.41) is 6.87. The molecule has 2 rings (SSSR count). The third-order valence-electron chi connectivity index (χ3n) is 3.72. The number of methoxy groups -OCH3 is 1. The Bertz CT molecular complexity index is 455. The average molecular weight is 290 g/mol. The normalized spacial score (nSPS) is 16.6. The van der Waals surface area contributed by atoms with Gasteiger partial charge in [-0.1, -0.05) is 19.3 Å². The molecule has 0 amide bonds. The lowest BCUT2D eigenvalue weighted by Gasteiger charge is -2.24. The molecule has 1 aliphatic rings. The summed E-state index contributed by atoms with van der Waals surface area (Å²) in [6.07, 6.45) is 8.24. The van der Waals surface area contributed by atoms with Gasteiger partial charge >= 0.3 is 0 Å². The Morgan fingerprint density at radius 1 is 1.38 bits per heavy atom. The van der Waals surface area contributed by atoms with Gasteiger partial charge in [-0.2, -0.15) is 0 Å². The highest BCUT2D eigenvalue weighted by molar-refractivity contribution is 5.80. The van der Waals surface area contributed by atoms with Crippen LogP contribution in [0, 0.1) is 0 Å². The number of aromatic nitrogens is 1. The molecule has 0 aliphatic heterocycles. The summed E-state index contributed by atoms with van der Waals surface area (Å²) in [6, 6.07) is 4.45. The fourth-order valence-corrected chi connectivity index (χ4v) is 2.59. The van der Waals surface area contributed by atoms with Crippen LogP contribution in [-0.4, -0.2) is 30.6 Å². The Kier molecular flexibility index (Phi) is 6.31. The van der Waals surface area contributed by atoms with Crippen LogP contribution >= 0.6 is 0 Å². The molecule has 1 aliphatic carbocycles. The standard InChI is InChI=1S/C16H26N4O/c1-3-17-16(20-14-7-5-4-6-8-14)19-12-13-9-10-18-15(11-13)21-2/h9-11,14H,3-8,12H2,1-2H3,(H2,17,19,20). The molecule has 116 valence electrons. The molecule has 0 aromatic carbocycles. The van der Waals surface area contributed by atoms with Crippen molar-refractivity contribution in [3.05, 3.63) is 23.9 Å². The van der Waals surface area contributed by atoms with Crippen LogP contribution in [-0.2, 0) is 6.54 Å². The zero-order valence-corrected chi connectivity index (χ0v) is 13.1. The van der Waals surface area contributed by atoms with E-state index in [1.165, 1.54) is 32.1 Å². The van der Waals surface area contributed by atoms with Crippen molar-refractivity contribution in [1.82, 2.24) is 15.6 Å². The minimum absolute atomic E-state index is 0.559. The van der Waals surface area contributed by atoms with Gasteiger partial charge in [0.15, 0.2) is 5.96 Å². The smallest absolute Gasteiger partial charge is 0.213 e. The average Bonchev–Trinajstić information content (AvgIpc) is 2.54. The molecule has 0 atom stereocenters. The molecule has 5 nitrogen and oxygen atoms in total. The molecule has 0 saturated heterocycles. The van der Waals surface area contributed by atoms with Crippen LogP contribution in [0.2, 0.25) is 0 Å². The molecule has 0 radical (unpaired) electrons. The predicted octanol–water partition coefficient (Wildman–Crippen LogP) is 2.48. The second-order valence-electron chi connectivity index (χ2n) is 5.38. The fraction of sp³-hybridized carbons (Fsp3) is 0.625. The summed E-state index contributed by atoms with van der Waals surface area (Å²) < 4.78 is 5.14. The molecule has 1 fully saturated rings. The summed E-state index contributed by atoms with van der Waals surface area (Å²) in [5.41, 5.74) is 1.10. The molecule has 0 unspecified atom stereocenters. The number of hydrogen-bond acceptors (Lipinski definition) is 3. The Labute approximate surface area is 127 Å². The summed E-state index contributed by atoms with van der Waals surface area (Å²) in [5.74, 6) is 1.54. The van der Waals surface area contributed by atoms with Gasteiger partial charge in [0.1, 0.15) is 0 Å². The number of rotatable bonds is 5. The van der Waals surface area contributed by atoms with Gasteiger partial charge in [0.05, 0.1) is 13.7 Å². The van der Waals surface area contributed by atoms with Gasteiger partial charge < -0.3 is 15.4 Å². The zero-order valence-electron chi connectivity index (χ0n) is 13.1. The number of hydrogen-bond donors (Lipinski definition) is 2. The van der Waals surface area contributed by atoms with E-state index in [0.29, 0.717) is 18.5 Å². The third kappa shape index (κ3) is 5.25. The van der Waals surface area contributed by atoms with Crippen molar-refractivity contribution < 1.29 is 4.74 Å². The minimum atomic E-state index is 0.559. The molecule has 0 bridgehead atoms. The van der Waals surface area contributed by atoms with E-state index >= 15 is 0 Å². The lowest BCUT2D eigenvalue weighted by atomic mass is 9.96. The van der Waals surface area contributed by atoms with E-state index in [0.717, 1.165) is 18.1 Å². The van der Waals surface area contributed by atoms with Gasteiger partial charge in [0, 0.05) is 24.8 Å². The maximum absolute atomic E-state index is 5.14. The molecule has 1 saturated carbocycles. The Hall–Kier alpha value is -1.78. The second-order valence-corrected chi connectivity index (χ2v) is 5.38. The van der Waals surface area contributed by atoms with E-state index < -0.39 is 0 Å². The number of pyridine rings is 1. The molecule has 5 heteroatoms. The Morgan fingerprint density at radius 2 is 2.19 bits per heavy atom. The quantitative estimate of drug-likeness (QED) is 0.646. The summed E-state index contributed by atoms with van der Waals surface area (Å²) >= 11 is 0. The van der Waals surface area contributed by atoms with Crippen molar-refractivity contribution >= 4 is 5.96 Å². The number of nitrogens with one attached hydrogen (secondary N) is 2.